The van der Waals surface area contributed by atoms with Gasteiger partial charge in [-0.25, -0.2) is 0 Å². The number of hydrogen-bond donors (Lipinski definition) is 5. The van der Waals surface area contributed by atoms with Crippen LogP contribution in [0.1, 0.15) is 122 Å². The molecule has 0 spiro atoms. The third-order valence-corrected chi connectivity index (χ3v) is 17.2. The Morgan fingerprint density at radius 3 is 1.29 bits per heavy atom. The summed E-state index contributed by atoms with van der Waals surface area (Å²) >= 11 is 6.26. The SMILES string of the molecule is CCSc1ccc(NC(=O)c2cccc(CSCCC(=O)O)c2)c(-c2cc(C(=O)NCc3cccc(C(F)(F)F)c3)ccn2)c1.CCSc1ccc(NC(=O)c2cccc(CSCCC(=O)OC(C)(C)C)c2)c(-c2cc(C(=O)NCc3cccc(C(F)(F)F)c3)ccn2)c1. The number of pyridine rings is 2. The van der Waals surface area contributed by atoms with Gasteiger partial charge in [-0.15, -0.1) is 23.5 Å². The maximum Gasteiger partial charge on any atom is 0.416 e. The summed E-state index contributed by atoms with van der Waals surface area (Å²) < 4.78 is 84.0. The van der Waals surface area contributed by atoms with Crippen LogP contribution >= 0.6 is 47.0 Å². The molecule has 94 heavy (non-hydrogen) atoms. The number of thioether (sulfide) groups is 4. The topological polar surface area (TPSA) is 206 Å². The third kappa shape index (κ3) is 23.2. The van der Waals surface area contributed by atoms with Crippen molar-refractivity contribution in [3.05, 3.63) is 226 Å². The fraction of sp³-hybridized carbons (Fsp3) is 0.257. The average Bonchev–Trinajstić information content (AvgIpc) is 0.825. The second kappa shape index (κ2) is 34.5. The lowest BCUT2D eigenvalue weighted by atomic mass is 10.1. The molecule has 14 nitrogen and oxygen atoms in total. The molecule has 0 aliphatic heterocycles. The molecule has 0 aliphatic carbocycles. The summed E-state index contributed by atoms with van der Waals surface area (Å²) in [5, 5.41) is 20.1. The van der Waals surface area contributed by atoms with Crippen molar-refractivity contribution in [1.29, 1.82) is 0 Å². The molecule has 6 aromatic carbocycles. The summed E-state index contributed by atoms with van der Waals surface area (Å²) in [6.45, 7) is 9.35. The van der Waals surface area contributed by atoms with Crippen LogP contribution in [0, 0.1) is 0 Å². The maximum atomic E-state index is 13.5. The van der Waals surface area contributed by atoms with Crippen LogP contribution in [0.5, 0.6) is 0 Å². The van der Waals surface area contributed by atoms with E-state index in [0.717, 1.165) is 56.7 Å². The molecule has 4 amide bonds. The first-order valence-electron chi connectivity index (χ1n) is 29.5. The van der Waals surface area contributed by atoms with Crippen molar-refractivity contribution in [2.45, 2.75) is 99.8 Å². The molecular formula is C70H68F6N6O8S4. The number of benzene rings is 6. The number of halogens is 6. The zero-order valence-corrected chi connectivity index (χ0v) is 55.1. The second-order valence-corrected chi connectivity index (χ2v) is 26.7. The molecule has 0 saturated heterocycles. The van der Waals surface area contributed by atoms with Gasteiger partial charge in [0.05, 0.1) is 46.7 Å². The van der Waals surface area contributed by atoms with Gasteiger partial charge in [0.1, 0.15) is 5.60 Å². The minimum atomic E-state index is -4.48. The van der Waals surface area contributed by atoms with Gasteiger partial charge in [-0.2, -0.15) is 49.9 Å². The van der Waals surface area contributed by atoms with Gasteiger partial charge in [0.25, 0.3) is 23.6 Å². The lowest BCUT2D eigenvalue weighted by Crippen LogP contribution is -2.24. The number of amides is 4. The van der Waals surface area contributed by atoms with Gasteiger partial charge in [-0.05, 0) is 164 Å². The van der Waals surface area contributed by atoms with E-state index in [1.807, 2.05) is 83.1 Å². The first kappa shape index (κ1) is 72.8. The Hall–Kier alpha value is -8.58. The highest BCUT2D eigenvalue weighted by Gasteiger charge is 2.31. The van der Waals surface area contributed by atoms with E-state index in [9.17, 15) is 55.1 Å². The Labute approximate surface area is 558 Å². The van der Waals surface area contributed by atoms with Crippen molar-refractivity contribution in [2.75, 3.05) is 33.6 Å². The summed E-state index contributed by atoms with van der Waals surface area (Å²) in [7, 11) is 0. The summed E-state index contributed by atoms with van der Waals surface area (Å²) in [6.07, 6.45) is -5.67. The normalized spacial score (nSPS) is 11.4. The maximum absolute atomic E-state index is 13.5. The van der Waals surface area contributed by atoms with Crippen molar-refractivity contribution < 1.29 is 65.0 Å². The fourth-order valence-corrected chi connectivity index (χ4v) is 12.2. The van der Waals surface area contributed by atoms with Crippen molar-refractivity contribution in [3.8, 4) is 22.5 Å². The van der Waals surface area contributed by atoms with E-state index in [-0.39, 0.29) is 48.4 Å². The quantitative estimate of drug-likeness (QED) is 0.0148. The monoisotopic (exact) mass is 1360 g/mol. The summed E-state index contributed by atoms with van der Waals surface area (Å²) in [4.78, 5) is 86.4. The number of hydrogen-bond acceptors (Lipinski definition) is 13. The zero-order valence-electron chi connectivity index (χ0n) is 51.8. The van der Waals surface area contributed by atoms with E-state index >= 15 is 0 Å². The number of ether oxygens (including phenoxy) is 1. The predicted molar refractivity (Wildman–Crippen MR) is 361 cm³/mol. The van der Waals surface area contributed by atoms with Crippen molar-refractivity contribution in [2.24, 2.45) is 0 Å². The number of aliphatic carboxylic acids is 1. The van der Waals surface area contributed by atoms with Crippen LogP contribution in [0.3, 0.4) is 0 Å². The van der Waals surface area contributed by atoms with E-state index < -0.39 is 46.9 Å². The van der Waals surface area contributed by atoms with Crippen LogP contribution in [0.15, 0.2) is 180 Å². The zero-order chi connectivity index (χ0) is 68.0. The number of alkyl halides is 6. The lowest BCUT2D eigenvalue weighted by Gasteiger charge is -2.19. The van der Waals surface area contributed by atoms with Gasteiger partial charge in [0.2, 0.25) is 0 Å². The number of carbonyl (C=O) groups is 6. The molecule has 492 valence electrons. The minimum Gasteiger partial charge on any atom is -0.481 e. The lowest BCUT2D eigenvalue weighted by molar-refractivity contribution is -0.154. The first-order valence-corrected chi connectivity index (χ1v) is 33.8. The van der Waals surface area contributed by atoms with Gasteiger partial charge in [0, 0.05) is 91.7 Å². The van der Waals surface area contributed by atoms with Crippen molar-refractivity contribution in [1.82, 2.24) is 20.6 Å². The van der Waals surface area contributed by atoms with Gasteiger partial charge in [-0.1, -0.05) is 62.4 Å². The molecule has 0 saturated carbocycles. The Balaban J connectivity index is 0.000000267. The molecule has 0 unspecified atom stereocenters. The van der Waals surface area contributed by atoms with Gasteiger partial charge in [-0.3, -0.25) is 38.7 Å². The first-order chi connectivity index (χ1) is 44.7. The van der Waals surface area contributed by atoms with Crippen molar-refractivity contribution in [3.63, 3.8) is 0 Å². The predicted octanol–water partition coefficient (Wildman–Crippen LogP) is 16.8. The highest BCUT2D eigenvalue weighted by atomic mass is 32.2. The van der Waals surface area contributed by atoms with Crippen LogP contribution in [0.2, 0.25) is 0 Å². The second-order valence-electron chi connectivity index (χ2n) is 21.8. The molecule has 2 heterocycles. The largest absolute Gasteiger partial charge is 0.481 e. The Bertz CT molecular complexity index is 3980. The molecule has 8 aromatic rings. The van der Waals surface area contributed by atoms with Crippen LogP contribution in [0.4, 0.5) is 37.7 Å². The van der Waals surface area contributed by atoms with Gasteiger partial charge in [0.15, 0.2) is 0 Å². The van der Waals surface area contributed by atoms with E-state index in [0.29, 0.717) is 85.6 Å². The van der Waals surface area contributed by atoms with Gasteiger partial charge < -0.3 is 31.1 Å². The number of carboxylic acids is 1. The van der Waals surface area contributed by atoms with Gasteiger partial charge >= 0.3 is 24.3 Å². The standard InChI is InChI=1S/C37H38F3N3O4S2.C33H30F3N3O4S2/c1-5-49-29-12-13-31(43-35(46)26-10-6-9-25(18-26)23-48-17-15-33(44)47-36(2,3)4)30(21-29)32-20-27(14-16-41-32)34(45)42-22-24-8-7-11-28(19-24)37(38,39)40;1-2-45-26-9-10-28(39-32(43)23-7-3-6-22(15-23)20-44-14-12-30(40)41)27(18-26)29-17-24(11-13-37-29)31(42)38-19-21-5-4-8-25(16-21)33(34,35)36/h6-14,16,18-21H,5,15,17,22-23H2,1-4H3,(H,42,45)(H,43,46);3-11,13,15-18H,2,12,14,19-20H2,1H3,(H,38,42)(H,39,43)(H,40,41). The number of carboxylic acid groups (broad SMARTS) is 1. The molecule has 0 radical (unpaired) electrons. The summed E-state index contributed by atoms with van der Waals surface area (Å²) in [5.41, 5.74) is 4.80. The van der Waals surface area contributed by atoms with Crippen molar-refractivity contribution >= 4 is 94.0 Å². The Kier molecular flexibility index (Phi) is 26.8. The highest BCUT2D eigenvalue weighted by molar-refractivity contribution is 7.99. The number of anilines is 2. The molecular weight excluding hydrogens is 1300 g/mol. The number of esters is 1. The third-order valence-electron chi connectivity index (χ3n) is 13.4. The molecule has 0 fully saturated rings. The smallest absolute Gasteiger partial charge is 0.416 e. The molecule has 0 aliphatic rings. The van der Waals surface area contributed by atoms with E-state index in [2.05, 4.69) is 31.2 Å². The number of carbonyl (C=O) groups excluding carboxylic acids is 5. The molecule has 0 atom stereocenters. The fourth-order valence-electron chi connectivity index (χ4n) is 9.00. The molecule has 8 rings (SSSR count). The number of rotatable bonds is 26. The molecule has 24 heteroatoms. The number of nitrogens with one attached hydrogen (secondary N) is 4. The number of aromatic nitrogens is 2. The molecule has 0 bridgehead atoms. The molecule has 5 N–H and O–H groups in total. The van der Waals surface area contributed by atoms with Crippen LogP contribution < -0.4 is 21.3 Å². The molecule has 2 aromatic heterocycles. The van der Waals surface area contributed by atoms with E-state index in [1.54, 1.807) is 83.8 Å². The van der Waals surface area contributed by atoms with Crippen LogP contribution in [0.25, 0.3) is 22.5 Å². The van der Waals surface area contributed by atoms with Crippen LogP contribution in [-0.2, 0) is 51.3 Å². The Morgan fingerprint density at radius 2 is 0.883 bits per heavy atom. The highest BCUT2D eigenvalue weighted by Crippen LogP contribution is 2.36. The summed E-state index contributed by atoms with van der Waals surface area (Å²) in [6, 6.07) is 41.3. The summed E-state index contributed by atoms with van der Waals surface area (Å²) in [5.74, 6) is 1.12. The average molecular weight is 1360 g/mol. The van der Waals surface area contributed by atoms with Crippen LogP contribution in [-0.4, -0.2) is 79.3 Å². The van der Waals surface area contributed by atoms with E-state index in [4.69, 9.17) is 9.84 Å². The minimum absolute atomic E-state index is 0.0622. The van der Waals surface area contributed by atoms with E-state index in [1.165, 1.54) is 60.6 Å². The Morgan fingerprint density at radius 1 is 0.479 bits per heavy atom. The number of nitrogens with zero attached hydrogens (tertiary/aromatic N) is 2.